The molecule has 1 saturated heterocycles. The van der Waals surface area contributed by atoms with E-state index in [4.69, 9.17) is 5.26 Å². The Bertz CT molecular complexity index is 850. The van der Waals surface area contributed by atoms with Crippen molar-refractivity contribution in [1.82, 2.24) is 4.90 Å². The van der Waals surface area contributed by atoms with Crippen LogP contribution >= 0.6 is 0 Å². The number of hydrogen-bond acceptors (Lipinski definition) is 2. The van der Waals surface area contributed by atoms with Crippen LogP contribution in [0.2, 0.25) is 0 Å². The van der Waals surface area contributed by atoms with E-state index in [2.05, 4.69) is 41.4 Å². The van der Waals surface area contributed by atoms with Crippen LogP contribution in [0, 0.1) is 40.4 Å². The van der Waals surface area contributed by atoms with Crippen molar-refractivity contribution in [3.05, 3.63) is 59.5 Å². The highest BCUT2D eigenvalue weighted by molar-refractivity contribution is 5.42. The van der Waals surface area contributed by atoms with Gasteiger partial charge in [-0.3, -0.25) is 0 Å². The lowest BCUT2D eigenvalue weighted by Gasteiger charge is -2.43. The fourth-order valence-electron chi connectivity index (χ4n) is 6.25. The van der Waals surface area contributed by atoms with E-state index in [0.717, 1.165) is 12.5 Å². The highest BCUT2D eigenvalue weighted by atomic mass is 19.1. The molecule has 0 bridgehead atoms. The Morgan fingerprint density at radius 2 is 2.14 bits per heavy atom. The largest absolute Gasteiger partial charge is 0.302 e. The number of hydrogen-bond donors (Lipinski definition) is 0. The van der Waals surface area contributed by atoms with Gasteiger partial charge in [0.1, 0.15) is 11.9 Å². The lowest BCUT2D eigenvalue weighted by Crippen LogP contribution is -2.45. The van der Waals surface area contributed by atoms with Gasteiger partial charge in [0, 0.05) is 30.8 Å². The topological polar surface area (TPSA) is 27.0 Å². The molecular formula is C26H31FN2. The molecule has 0 aromatic rings. The highest BCUT2D eigenvalue weighted by Gasteiger charge is 2.42. The fraction of sp³-hybridized carbons (Fsp3) is 0.577. The van der Waals surface area contributed by atoms with Crippen molar-refractivity contribution in [1.29, 1.82) is 5.26 Å². The van der Waals surface area contributed by atoms with E-state index in [0.29, 0.717) is 23.7 Å². The molecule has 29 heavy (non-hydrogen) atoms. The zero-order valence-electron chi connectivity index (χ0n) is 17.2. The smallest absolute Gasteiger partial charge is 0.119 e. The zero-order valence-corrected chi connectivity index (χ0v) is 17.2. The summed E-state index contributed by atoms with van der Waals surface area (Å²) in [5, 5.41) is 9.08. The Kier molecular flexibility index (Phi) is 5.08. The molecule has 152 valence electrons. The molecule has 5 aliphatic rings. The summed E-state index contributed by atoms with van der Waals surface area (Å²) in [4.78, 5) is 2.71. The van der Waals surface area contributed by atoms with Crippen LogP contribution in [-0.2, 0) is 0 Å². The Labute approximate surface area is 174 Å². The van der Waals surface area contributed by atoms with Crippen molar-refractivity contribution in [3.63, 3.8) is 0 Å². The summed E-state index contributed by atoms with van der Waals surface area (Å²) in [7, 11) is 0. The number of nitrogens with zero attached hydrogens (tertiary/aromatic N) is 2. The van der Waals surface area contributed by atoms with Gasteiger partial charge >= 0.3 is 0 Å². The minimum atomic E-state index is -0.243. The third kappa shape index (κ3) is 3.80. The summed E-state index contributed by atoms with van der Waals surface area (Å²) in [5.41, 5.74) is 2.03. The van der Waals surface area contributed by atoms with Crippen LogP contribution in [0.3, 0.4) is 0 Å². The first-order valence-electron chi connectivity index (χ1n) is 11.4. The first-order valence-corrected chi connectivity index (χ1v) is 11.4. The molecule has 4 atom stereocenters. The van der Waals surface area contributed by atoms with Crippen molar-refractivity contribution < 1.29 is 4.39 Å². The summed E-state index contributed by atoms with van der Waals surface area (Å²) >= 11 is 0. The summed E-state index contributed by atoms with van der Waals surface area (Å²) in [5.74, 6) is 1.67. The molecule has 1 spiro atoms. The molecule has 0 radical (unpaired) electrons. The maximum Gasteiger partial charge on any atom is 0.119 e. The van der Waals surface area contributed by atoms with Gasteiger partial charge in [0.2, 0.25) is 0 Å². The van der Waals surface area contributed by atoms with Crippen LogP contribution < -0.4 is 0 Å². The van der Waals surface area contributed by atoms with Gasteiger partial charge in [-0.2, -0.15) is 5.26 Å². The molecule has 0 amide bonds. The van der Waals surface area contributed by atoms with Gasteiger partial charge in [0.15, 0.2) is 0 Å². The van der Waals surface area contributed by atoms with Gasteiger partial charge in [0.25, 0.3) is 0 Å². The van der Waals surface area contributed by atoms with Crippen molar-refractivity contribution in [2.24, 2.45) is 29.1 Å². The molecule has 0 aromatic heterocycles. The molecular weight excluding hydrogens is 359 g/mol. The van der Waals surface area contributed by atoms with Gasteiger partial charge in [-0.1, -0.05) is 42.0 Å². The Balaban J connectivity index is 1.32. The van der Waals surface area contributed by atoms with Gasteiger partial charge in [-0.05, 0) is 68.9 Å². The highest BCUT2D eigenvalue weighted by Crippen LogP contribution is 2.50. The van der Waals surface area contributed by atoms with Gasteiger partial charge < -0.3 is 4.90 Å². The molecule has 3 heteroatoms. The lowest BCUT2D eigenvalue weighted by atomic mass is 9.71. The number of allylic oxidation sites excluding steroid dienone is 8. The molecule has 1 saturated carbocycles. The van der Waals surface area contributed by atoms with Crippen molar-refractivity contribution in [3.8, 4) is 6.07 Å². The standard InChI is InChI=1S/C26H31FN2/c27-24-15-20(9-10-21(24)16-28)23-6-3-5-22(25(23)19-7-8-19)17-29-14-4-13-26(18-29)11-1-2-12-26/h1,3,5-6,9-11,19-20,22,25H,2,4,7-8,12-15,17-18H2. The Morgan fingerprint density at radius 3 is 2.86 bits per heavy atom. The predicted octanol–water partition coefficient (Wildman–Crippen LogP) is 5.88. The SMILES string of the molecule is N#CC1=C(F)CC(C2=CC=CC(CN3CCCC4(C=CCC4)C3)C2C2CC2)C=C1. The minimum Gasteiger partial charge on any atom is -0.302 e. The Hall–Kier alpha value is -1.92. The van der Waals surface area contributed by atoms with E-state index in [9.17, 15) is 4.39 Å². The van der Waals surface area contributed by atoms with E-state index in [1.54, 1.807) is 6.08 Å². The normalized spacial score (nSPS) is 37.2. The van der Waals surface area contributed by atoms with E-state index < -0.39 is 0 Å². The second kappa shape index (κ2) is 7.73. The van der Waals surface area contributed by atoms with Gasteiger partial charge in [-0.25, -0.2) is 4.39 Å². The molecule has 4 aliphatic carbocycles. The lowest BCUT2D eigenvalue weighted by molar-refractivity contribution is 0.104. The zero-order chi connectivity index (χ0) is 19.8. The Morgan fingerprint density at radius 1 is 1.24 bits per heavy atom. The first kappa shape index (κ1) is 19.1. The average molecular weight is 391 g/mol. The van der Waals surface area contributed by atoms with Crippen LogP contribution in [-0.4, -0.2) is 24.5 Å². The third-order valence-electron chi connectivity index (χ3n) is 7.80. The number of nitriles is 1. The molecule has 0 N–H and O–H groups in total. The molecule has 0 aromatic carbocycles. The maximum absolute atomic E-state index is 14.4. The van der Waals surface area contributed by atoms with E-state index in [1.165, 1.54) is 57.2 Å². The summed E-state index contributed by atoms with van der Waals surface area (Å²) in [6.07, 6.45) is 23.7. The minimum absolute atomic E-state index is 0.107. The quantitative estimate of drug-likeness (QED) is 0.561. The number of rotatable bonds is 4. The van der Waals surface area contributed by atoms with Crippen LogP contribution in [0.25, 0.3) is 0 Å². The maximum atomic E-state index is 14.4. The van der Waals surface area contributed by atoms with Crippen LogP contribution in [0.5, 0.6) is 0 Å². The third-order valence-corrected chi connectivity index (χ3v) is 7.80. The number of halogens is 1. The first-order chi connectivity index (χ1) is 14.2. The molecule has 2 fully saturated rings. The second-order valence-electron chi connectivity index (χ2n) is 9.82. The van der Waals surface area contributed by atoms with Crippen molar-refractivity contribution in [2.75, 3.05) is 19.6 Å². The van der Waals surface area contributed by atoms with Crippen molar-refractivity contribution >= 4 is 0 Å². The number of likely N-dealkylation sites (tertiary alicyclic amines) is 1. The summed E-state index contributed by atoms with van der Waals surface area (Å²) < 4.78 is 14.4. The van der Waals surface area contributed by atoms with Crippen LogP contribution in [0.1, 0.15) is 44.9 Å². The monoisotopic (exact) mass is 390 g/mol. The van der Waals surface area contributed by atoms with Crippen LogP contribution in [0.4, 0.5) is 4.39 Å². The van der Waals surface area contributed by atoms with Crippen molar-refractivity contribution in [2.45, 2.75) is 44.9 Å². The second-order valence-corrected chi connectivity index (χ2v) is 9.82. The fourth-order valence-corrected chi connectivity index (χ4v) is 6.25. The summed E-state index contributed by atoms with van der Waals surface area (Å²) in [6, 6.07) is 1.98. The van der Waals surface area contributed by atoms with Crippen LogP contribution in [0.15, 0.2) is 59.5 Å². The molecule has 1 heterocycles. The van der Waals surface area contributed by atoms with Gasteiger partial charge in [-0.15, -0.1) is 0 Å². The number of piperidine rings is 1. The van der Waals surface area contributed by atoms with E-state index >= 15 is 0 Å². The average Bonchev–Trinajstić information content (AvgIpc) is 3.48. The molecule has 2 nitrogen and oxygen atoms in total. The molecule has 1 aliphatic heterocycles. The van der Waals surface area contributed by atoms with Gasteiger partial charge in [0.05, 0.1) is 5.57 Å². The predicted molar refractivity (Wildman–Crippen MR) is 114 cm³/mol. The summed E-state index contributed by atoms with van der Waals surface area (Å²) in [6.45, 7) is 3.54. The molecule has 4 unspecified atom stereocenters. The van der Waals surface area contributed by atoms with E-state index in [-0.39, 0.29) is 17.3 Å². The van der Waals surface area contributed by atoms with E-state index in [1.807, 2.05) is 6.07 Å². The molecule has 5 rings (SSSR count).